The molecule has 2 heterocycles. The molecule has 1 fully saturated rings. The van der Waals surface area contributed by atoms with Gasteiger partial charge in [0.25, 0.3) is 10.0 Å². The third kappa shape index (κ3) is 2.33. The molecule has 1 aliphatic rings. The monoisotopic (exact) mass is 324 g/mol. The van der Waals surface area contributed by atoms with Crippen LogP contribution in [0.4, 0.5) is 0 Å². The number of hydrogen-bond donors (Lipinski definition) is 1. The van der Waals surface area contributed by atoms with Crippen LogP contribution in [-0.2, 0) is 10.0 Å². The van der Waals surface area contributed by atoms with E-state index in [0.29, 0.717) is 29.8 Å². The van der Waals surface area contributed by atoms with Crippen molar-refractivity contribution in [3.05, 3.63) is 15.9 Å². The number of thiophene rings is 1. The Bertz CT molecular complexity index is 472. The Balaban J connectivity index is 2.21. The van der Waals surface area contributed by atoms with Gasteiger partial charge in [-0.15, -0.1) is 11.3 Å². The largest absolute Gasteiger partial charge is 0.330 e. The fraction of sp³-hybridized carbons (Fsp3) is 0.556. The lowest BCUT2D eigenvalue weighted by Gasteiger charge is -2.14. The molecule has 0 bridgehead atoms. The van der Waals surface area contributed by atoms with Crippen molar-refractivity contribution in [3.8, 4) is 0 Å². The lowest BCUT2D eigenvalue weighted by Crippen LogP contribution is -2.29. The highest BCUT2D eigenvalue weighted by Gasteiger charge is 2.32. The molecule has 0 amide bonds. The predicted molar refractivity (Wildman–Crippen MR) is 67.9 cm³/mol. The molecule has 90 valence electrons. The topological polar surface area (TPSA) is 63.4 Å². The minimum absolute atomic E-state index is 0.304. The van der Waals surface area contributed by atoms with E-state index in [9.17, 15) is 8.42 Å². The molecular weight excluding hydrogens is 312 g/mol. The molecule has 4 nitrogen and oxygen atoms in total. The van der Waals surface area contributed by atoms with Gasteiger partial charge in [0.1, 0.15) is 4.21 Å². The predicted octanol–water partition coefficient (Wildman–Crippen LogP) is 1.48. The first kappa shape index (κ1) is 12.5. The van der Waals surface area contributed by atoms with Crippen molar-refractivity contribution in [2.24, 2.45) is 11.7 Å². The minimum atomic E-state index is -3.29. The molecule has 0 aromatic carbocycles. The lowest BCUT2D eigenvalue weighted by molar-refractivity contribution is 0.460. The van der Waals surface area contributed by atoms with E-state index in [-0.39, 0.29) is 0 Å². The lowest BCUT2D eigenvalue weighted by atomic mass is 10.1. The Kier molecular flexibility index (Phi) is 3.70. The average molecular weight is 325 g/mol. The number of rotatable bonds is 3. The van der Waals surface area contributed by atoms with Gasteiger partial charge < -0.3 is 5.73 Å². The summed E-state index contributed by atoms with van der Waals surface area (Å²) in [6, 6.07) is 3.40. The molecule has 1 aromatic heterocycles. The van der Waals surface area contributed by atoms with Crippen LogP contribution in [0.3, 0.4) is 0 Å². The van der Waals surface area contributed by atoms with Crippen molar-refractivity contribution >= 4 is 37.3 Å². The van der Waals surface area contributed by atoms with Crippen LogP contribution >= 0.6 is 27.3 Å². The molecule has 1 unspecified atom stereocenters. The summed E-state index contributed by atoms with van der Waals surface area (Å²) >= 11 is 4.52. The zero-order chi connectivity index (χ0) is 11.8. The van der Waals surface area contributed by atoms with E-state index in [1.807, 2.05) is 0 Å². The van der Waals surface area contributed by atoms with Gasteiger partial charge in [0.15, 0.2) is 0 Å². The Morgan fingerprint density at radius 3 is 2.81 bits per heavy atom. The number of hydrogen-bond acceptors (Lipinski definition) is 4. The Morgan fingerprint density at radius 2 is 2.31 bits per heavy atom. The first-order chi connectivity index (χ1) is 7.54. The van der Waals surface area contributed by atoms with Crippen molar-refractivity contribution < 1.29 is 8.42 Å². The van der Waals surface area contributed by atoms with Crippen molar-refractivity contribution in [3.63, 3.8) is 0 Å². The summed E-state index contributed by atoms with van der Waals surface area (Å²) in [4.78, 5) is 0. The maximum Gasteiger partial charge on any atom is 0.252 e. The average Bonchev–Trinajstić information content (AvgIpc) is 2.85. The number of nitrogens with zero attached hydrogens (tertiary/aromatic N) is 1. The molecule has 1 aromatic rings. The second-order valence-electron chi connectivity index (χ2n) is 3.81. The summed E-state index contributed by atoms with van der Waals surface area (Å²) in [7, 11) is -3.29. The van der Waals surface area contributed by atoms with Gasteiger partial charge in [-0.3, -0.25) is 0 Å². The summed E-state index contributed by atoms with van der Waals surface area (Å²) in [6.07, 6.45) is 0.863. The van der Waals surface area contributed by atoms with Gasteiger partial charge in [-0.1, -0.05) is 0 Å². The smallest absolute Gasteiger partial charge is 0.252 e. The summed E-state index contributed by atoms with van der Waals surface area (Å²) in [5.74, 6) is 0.304. The molecule has 2 N–H and O–H groups in total. The van der Waals surface area contributed by atoms with Crippen LogP contribution in [0.15, 0.2) is 20.1 Å². The summed E-state index contributed by atoms with van der Waals surface area (Å²) in [5.41, 5.74) is 5.56. The highest BCUT2D eigenvalue weighted by Crippen LogP contribution is 2.30. The number of halogens is 1. The Labute approximate surface area is 108 Å². The summed E-state index contributed by atoms with van der Waals surface area (Å²) < 4.78 is 27.1. The quantitative estimate of drug-likeness (QED) is 0.916. The molecule has 0 radical (unpaired) electrons. The molecule has 2 rings (SSSR count). The van der Waals surface area contributed by atoms with E-state index in [1.54, 1.807) is 12.1 Å². The zero-order valence-corrected chi connectivity index (χ0v) is 11.8. The minimum Gasteiger partial charge on any atom is -0.330 e. The van der Waals surface area contributed by atoms with Crippen molar-refractivity contribution in [1.82, 2.24) is 4.31 Å². The molecular formula is C9H13BrN2O2S2. The van der Waals surface area contributed by atoms with Crippen LogP contribution in [0.1, 0.15) is 6.42 Å². The van der Waals surface area contributed by atoms with Crippen LogP contribution in [0, 0.1) is 5.92 Å². The first-order valence-corrected chi connectivity index (χ1v) is 8.04. The van der Waals surface area contributed by atoms with E-state index < -0.39 is 10.0 Å². The highest BCUT2D eigenvalue weighted by molar-refractivity contribution is 9.11. The van der Waals surface area contributed by atoms with Crippen LogP contribution < -0.4 is 5.73 Å². The molecule has 1 saturated heterocycles. The zero-order valence-electron chi connectivity index (χ0n) is 8.60. The molecule has 0 aliphatic carbocycles. The fourth-order valence-corrected chi connectivity index (χ4v) is 5.47. The van der Waals surface area contributed by atoms with Crippen molar-refractivity contribution in [2.45, 2.75) is 10.6 Å². The molecule has 7 heteroatoms. The number of sulfonamides is 1. The van der Waals surface area contributed by atoms with Gasteiger partial charge in [-0.2, -0.15) is 4.31 Å². The third-order valence-corrected chi connectivity index (χ3v) is 6.68. The Hall–Kier alpha value is 0.0500. The SMILES string of the molecule is NCC1CCN(S(=O)(=O)c2ccc(Br)s2)C1. The van der Waals surface area contributed by atoms with Gasteiger partial charge in [0.2, 0.25) is 0 Å². The van der Waals surface area contributed by atoms with E-state index in [2.05, 4.69) is 15.9 Å². The van der Waals surface area contributed by atoms with Crippen LogP contribution in [0.25, 0.3) is 0 Å². The van der Waals surface area contributed by atoms with Gasteiger partial charge in [-0.05, 0) is 46.9 Å². The molecule has 16 heavy (non-hydrogen) atoms. The van der Waals surface area contributed by atoms with Gasteiger partial charge in [-0.25, -0.2) is 8.42 Å². The maximum atomic E-state index is 12.2. The van der Waals surface area contributed by atoms with E-state index in [4.69, 9.17) is 5.73 Å². The summed E-state index contributed by atoms with van der Waals surface area (Å²) in [6.45, 7) is 1.69. The van der Waals surface area contributed by atoms with Gasteiger partial charge in [0.05, 0.1) is 3.79 Å². The maximum absolute atomic E-state index is 12.2. The molecule has 1 atom stereocenters. The Morgan fingerprint density at radius 1 is 1.56 bits per heavy atom. The van der Waals surface area contributed by atoms with E-state index in [1.165, 1.54) is 15.6 Å². The standard InChI is InChI=1S/C9H13BrN2O2S2/c10-8-1-2-9(15-8)16(13,14)12-4-3-7(5-11)6-12/h1-2,7H,3-6,11H2. The van der Waals surface area contributed by atoms with Gasteiger partial charge >= 0.3 is 0 Å². The second-order valence-corrected chi connectivity index (χ2v) is 8.44. The van der Waals surface area contributed by atoms with Gasteiger partial charge in [0, 0.05) is 13.1 Å². The van der Waals surface area contributed by atoms with Crippen LogP contribution in [-0.4, -0.2) is 32.4 Å². The normalized spacial score (nSPS) is 22.8. The highest BCUT2D eigenvalue weighted by atomic mass is 79.9. The fourth-order valence-electron chi connectivity index (χ4n) is 1.77. The third-order valence-electron chi connectivity index (χ3n) is 2.72. The second kappa shape index (κ2) is 4.73. The summed E-state index contributed by atoms with van der Waals surface area (Å²) in [5, 5.41) is 0. The van der Waals surface area contributed by atoms with Crippen LogP contribution in [0.5, 0.6) is 0 Å². The molecule has 1 aliphatic heterocycles. The van der Waals surface area contributed by atoms with Crippen molar-refractivity contribution in [1.29, 1.82) is 0 Å². The molecule has 0 saturated carbocycles. The van der Waals surface area contributed by atoms with Crippen LogP contribution in [0.2, 0.25) is 0 Å². The first-order valence-electron chi connectivity index (χ1n) is 4.99. The van der Waals surface area contributed by atoms with E-state index in [0.717, 1.165) is 10.2 Å². The van der Waals surface area contributed by atoms with Crippen molar-refractivity contribution in [2.75, 3.05) is 19.6 Å². The molecule has 0 spiro atoms. The number of nitrogens with two attached hydrogens (primary N) is 1. The van der Waals surface area contributed by atoms with E-state index >= 15 is 0 Å².